The molecular formula is C19H24N2O4S. The fraction of sp³-hybridized carbons (Fsp3) is 0.316. The molecule has 6 nitrogen and oxygen atoms in total. The summed E-state index contributed by atoms with van der Waals surface area (Å²) in [4.78, 5) is 12.5. The highest BCUT2D eigenvalue weighted by atomic mass is 32.2. The normalized spacial score (nSPS) is 12.3. The van der Waals surface area contributed by atoms with Crippen molar-refractivity contribution >= 4 is 21.6 Å². The van der Waals surface area contributed by atoms with Gasteiger partial charge in [0.15, 0.2) is 0 Å². The molecule has 0 heterocycles. The molecule has 0 aliphatic rings. The van der Waals surface area contributed by atoms with E-state index in [4.69, 9.17) is 4.74 Å². The van der Waals surface area contributed by atoms with Crippen molar-refractivity contribution in [2.75, 3.05) is 24.2 Å². The molecule has 2 aromatic rings. The predicted molar refractivity (Wildman–Crippen MR) is 103 cm³/mol. The van der Waals surface area contributed by atoms with Gasteiger partial charge in [0.1, 0.15) is 11.8 Å². The smallest absolute Gasteiger partial charge is 0.243 e. The first kappa shape index (κ1) is 19.8. The average molecular weight is 376 g/mol. The lowest BCUT2D eigenvalue weighted by Crippen LogP contribution is -2.48. The van der Waals surface area contributed by atoms with Crippen LogP contribution < -0.4 is 14.4 Å². The lowest BCUT2D eigenvalue weighted by molar-refractivity contribution is -0.121. The number of nitrogens with zero attached hydrogens (tertiary/aromatic N) is 1. The molecule has 0 aromatic heterocycles. The molecule has 0 saturated carbocycles. The van der Waals surface area contributed by atoms with Gasteiger partial charge in [-0.15, -0.1) is 0 Å². The lowest BCUT2D eigenvalue weighted by atomic mass is 10.1. The molecule has 0 spiro atoms. The number of carbonyl (C=O) groups excluding carboxylic acids is 1. The fourth-order valence-corrected chi connectivity index (χ4v) is 3.83. The first-order valence-electron chi connectivity index (χ1n) is 8.28. The van der Waals surface area contributed by atoms with E-state index in [1.165, 1.54) is 0 Å². The zero-order valence-corrected chi connectivity index (χ0v) is 16.0. The molecule has 140 valence electrons. The Morgan fingerprint density at radius 3 is 2.27 bits per heavy atom. The van der Waals surface area contributed by atoms with Crippen LogP contribution in [0.25, 0.3) is 0 Å². The van der Waals surface area contributed by atoms with E-state index in [-0.39, 0.29) is 5.91 Å². The topological polar surface area (TPSA) is 75.7 Å². The monoisotopic (exact) mass is 376 g/mol. The van der Waals surface area contributed by atoms with Crippen LogP contribution in [0.2, 0.25) is 0 Å². The van der Waals surface area contributed by atoms with E-state index < -0.39 is 16.1 Å². The molecule has 0 bridgehead atoms. The molecule has 1 amide bonds. The Labute approximate surface area is 154 Å². The van der Waals surface area contributed by atoms with Gasteiger partial charge in [0.2, 0.25) is 15.9 Å². The molecule has 0 aliphatic heterocycles. The Balaban J connectivity index is 2.00. The van der Waals surface area contributed by atoms with Gasteiger partial charge in [-0.05, 0) is 43.2 Å². The maximum atomic E-state index is 12.5. The van der Waals surface area contributed by atoms with Crippen molar-refractivity contribution < 1.29 is 17.9 Å². The summed E-state index contributed by atoms with van der Waals surface area (Å²) < 4.78 is 30.6. The molecule has 0 fully saturated rings. The SMILES string of the molecule is COc1ccc(CCNC(=O)[C@H](C)N(c2ccccc2)S(C)(=O)=O)cc1. The maximum absolute atomic E-state index is 12.5. The van der Waals surface area contributed by atoms with Gasteiger partial charge in [-0.25, -0.2) is 8.42 Å². The summed E-state index contributed by atoms with van der Waals surface area (Å²) in [5.41, 5.74) is 1.52. The number of benzene rings is 2. The van der Waals surface area contributed by atoms with E-state index >= 15 is 0 Å². The van der Waals surface area contributed by atoms with Gasteiger partial charge in [0.25, 0.3) is 0 Å². The van der Waals surface area contributed by atoms with Crippen molar-refractivity contribution in [1.29, 1.82) is 0 Å². The molecule has 0 unspecified atom stereocenters. The molecule has 26 heavy (non-hydrogen) atoms. The number of methoxy groups -OCH3 is 1. The highest BCUT2D eigenvalue weighted by molar-refractivity contribution is 7.92. The molecule has 2 rings (SSSR count). The van der Waals surface area contributed by atoms with E-state index in [2.05, 4.69) is 5.32 Å². The third-order valence-corrected chi connectivity index (χ3v) is 5.21. The predicted octanol–water partition coefficient (Wildman–Crippen LogP) is 2.21. The van der Waals surface area contributed by atoms with Gasteiger partial charge in [0, 0.05) is 6.54 Å². The van der Waals surface area contributed by atoms with Crippen LogP contribution in [0.4, 0.5) is 5.69 Å². The molecular weight excluding hydrogens is 352 g/mol. The largest absolute Gasteiger partial charge is 0.497 e. The van der Waals surface area contributed by atoms with Crippen LogP contribution in [0.3, 0.4) is 0 Å². The molecule has 0 aliphatic carbocycles. The van der Waals surface area contributed by atoms with Crippen LogP contribution in [0, 0.1) is 0 Å². The second-order valence-electron chi connectivity index (χ2n) is 5.96. The fourth-order valence-electron chi connectivity index (χ4n) is 2.65. The average Bonchev–Trinajstić information content (AvgIpc) is 2.62. The summed E-state index contributed by atoms with van der Waals surface area (Å²) in [5.74, 6) is 0.436. The van der Waals surface area contributed by atoms with Crippen LogP contribution in [0.15, 0.2) is 54.6 Å². The standard InChI is InChI=1S/C19H24N2O4S/c1-15(21(26(3,23)24)17-7-5-4-6-8-17)19(22)20-14-13-16-9-11-18(25-2)12-10-16/h4-12,15H,13-14H2,1-3H3,(H,20,22)/t15-/m0/s1. The Bertz CT molecular complexity index is 820. The number of nitrogens with one attached hydrogen (secondary N) is 1. The summed E-state index contributed by atoms with van der Waals surface area (Å²) in [6.07, 6.45) is 1.74. The highest BCUT2D eigenvalue weighted by Crippen LogP contribution is 2.20. The Morgan fingerprint density at radius 1 is 1.12 bits per heavy atom. The molecule has 0 saturated heterocycles. The van der Waals surface area contributed by atoms with Crippen molar-refractivity contribution in [3.63, 3.8) is 0 Å². The van der Waals surface area contributed by atoms with Crippen molar-refractivity contribution in [2.24, 2.45) is 0 Å². The number of amides is 1. The number of para-hydroxylation sites is 1. The molecule has 1 N–H and O–H groups in total. The van der Waals surface area contributed by atoms with Gasteiger partial charge < -0.3 is 10.1 Å². The van der Waals surface area contributed by atoms with Gasteiger partial charge in [-0.2, -0.15) is 0 Å². The van der Waals surface area contributed by atoms with Crippen molar-refractivity contribution in [3.05, 3.63) is 60.2 Å². The van der Waals surface area contributed by atoms with Crippen LogP contribution in [-0.4, -0.2) is 40.3 Å². The summed E-state index contributed by atoms with van der Waals surface area (Å²) in [6, 6.07) is 15.4. The number of rotatable bonds is 8. The first-order chi connectivity index (χ1) is 12.3. The summed E-state index contributed by atoms with van der Waals surface area (Å²) in [5, 5.41) is 2.81. The molecule has 2 aromatic carbocycles. The van der Waals surface area contributed by atoms with E-state index in [9.17, 15) is 13.2 Å². The molecule has 0 radical (unpaired) electrons. The Morgan fingerprint density at radius 2 is 1.73 bits per heavy atom. The number of anilines is 1. The highest BCUT2D eigenvalue weighted by Gasteiger charge is 2.28. The van der Waals surface area contributed by atoms with E-state index in [0.717, 1.165) is 21.9 Å². The minimum absolute atomic E-state index is 0.340. The van der Waals surface area contributed by atoms with Crippen LogP contribution in [-0.2, 0) is 21.2 Å². The summed E-state index contributed by atoms with van der Waals surface area (Å²) >= 11 is 0. The van der Waals surface area contributed by atoms with Gasteiger partial charge >= 0.3 is 0 Å². The minimum atomic E-state index is -3.59. The quantitative estimate of drug-likeness (QED) is 0.766. The van der Waals surface area contributed by atoms with Crippen molar-refractivity contribution in [2.45, 2.75) is 19.4 Å². The number of ether oxygens (including phenoxy) is 1. The zero-order chi connectivity index (χ0) is 19.2. The third-order valence-electron chi connectivity index (χ3n) is 3.97. The molecule has 1 atom stereocenters. The van der Waals surface area contributed by atoms with Crippen molar-refractivity contribution in [1.82, 2.24) is 5.32 Å². The van der Waals surface area contributed by atoms with Crippen LogP contribution in [0.1, 0.15) is 12.5 Å². The van der Waals surface area contributed by atoms with E-state index in [0.29, 0.717) is 18.7 Å². The van der Waals surface area contributed by atoms with Crippen LogP contribution in [0.5, 0.6) is 5.75 Å². The zero-order valence-electron chi connectivity index (χ0n) is 15.2. The maximum Gasteiger partial charge on any atom is 0.243 e. The first-order valence-corrected chi connectivity index (χ1v) is 10.1. The number of carbonyl (C=O) groups is 1. The second-order valence-corrected chi connectivity index (χ2v) is 7.82. The lowest BCUT2D eigenvalue weighted by Gasteiger charge is -2.28. The third kappa shape index (κ3) is 5.23. The van der Waals surface area contributed by atoms with Crippen LogP contribution >= 0.6 is 0 Å². The van der Waals surface area contributed by atoms with E-state index in [1.807, 2.05) is 24.3 Å². The Kier molecular flexibility index (Phi) is 6.63. The summed E-state index contributed by atoms with van der Waals surface area (Å²) in [6.45, 7) is 2.00. The summed E-state index contributed by atoms with van der Waals surface area (Å²) in [7, 11) is -1.98. The van der Waals surface area contributed by atoms with Gasteiger partial charge in [-0.3, -0.25) is 9.10 Å². The van der Waals surface area contributed by atoms with Gasteiger partial charge in [-0.1, -0.05) is 30.3 Å². The Hall–Kier alpha value is -2.54. The number of sulfonamides is 1. The van der Waals surface area contributed by atoms with E-state index in [1.54, 1.807) is 44.4 Å². The number of hydrogen-bond acceptors (Lipinski definition) is 4. The number of hydrogen-bond donors (Lipinski definition) is 1. The minimum Gasteiger partial charge on any atom is -0.497 e. The van der Waals surface area contributed by atoms with Gasteiger partial charge in [0.05, 0.1) is 19.1 Å². The second kappa shape index (κ2) is 8.71. The molecule has 7 heteroatoms. The van der Waals surface area contributed by atoms with Crippen molar-refractivity contribution in [3.8, 4) is 5.75 Å².